The Bertz CT molecular complexity index is 1580. The molecule has 0 aromatic heterocycles. The zero-order valence-corrected chi connectivity index (χ0v) is 21.2. The molecular weight excluding hydrogens is 480 g/mol. The standard InChI is InChI=1S/C35H26N2O2/c36-23-28-21-30-31(22-29(28)32(24-13-5-1-6-14-24)25-15-7-2-8-16-25)35(39,37-34(30)38)33(26-17-9-3-10-18-26)27-19-11-4-12-20-27/h1-22,32-33,39H,(H,37,38). The van der Waals surface area contributed by atoms with Crippen LogP contribution in [0, 0.1) is 11.3 Å². The minimum absolute atomic E-state index is 0.265. The second kappa shape index (κ2) is 10.1. The Morgan fingerprint density at radius 3 is 1.54 bits per heavy atom. The number of hydrogen-bond acceptors (Lipinski definition) is 3. The van der Waals surface area contributed by atoms with Gasteiger partial charge in [-0.1, -0.05) is 121 Å². The van der Waals surface area contributed by atoms with E-state index >= 15 is 0 Å². The number of benzene rings is 5. The minimum Gasteiger partial charge on any atom is -0.366 e. The van der Waals surface area contributed by atoms with Crippen molar-refractivity contribution in [3.63, 3.8) is 0 Å². The summed E-state index contributed by atoms with van der Waals surface area (Å²) in [4.78, 5) is 13.4. The van der Waals surface area contributed by atoms with E-state index in [9.17, 15) is 15.2 Å². The Balaban J connectivity index is 1.60. The third kappa shape index (κ3) is 4.29. The number of nitrogens with one attached hydrogen (secondary N) is 1. The van der Waals surface area contributed by atoms with E-state index in [0.29, 0.717) is 16.7 Å². The number of carbonyl (C=O) groups is 1. The monoisotopic (exact) mass is 506 g/mol. The maximum absolute atomic E-state index is 13.4. The molecule has 0 aliphatic carbocycles. The Kier molecular flexibility index (Phi) is 6.28. The number of amides is 1. The molecule has 188 valence electrons. The maximum atomic E-state index is 13.4. The van der Waals surface area contributed by atoms with Crippen LogP contribution in [0.2, 0.25) is 0 Å². The first kappa shape index (κ1) is 24.4. The fourth-order valence-corrected chi connectivity index (χ4v) is 5.80. The van der Waals surface area contributed by atoms with Crippen molar-refractivity contribution in [1.29, 1.82) is 5.26 Å². The summed E-state index contributed by atoms with van der Waals surface area (Å²) in [6.07, 6.45) is 0. The van der Waals surface area contributed by atoms with Crippen LogP contribution >= 0.6 is 0 Å². The Morgan fingerprint density at radius 2 is 1.10 bits per heavy atom. The van der Waals surface area contributed by atoms with Gasteiger partial charge in [-0.2, -0.15) is 5.26 Å². The van der Waals surface area contributed by atoms with E-state index in [1.807, 2.05) is 127 Å². The zero-order valence-electron chi connectivity index (χ0n) is 21.2. The van der Waals surface area contributed by atoms with Crippen molar-refractivity contribution in [2.45, 2.75) is 17.6 Å². The second-order valence-electron chi connectivity index (χ2n) is 9.83. The molecule has 0 spiro atoms. The first-order valence-corrected chi connectivity index (χ1v) is 12.9. The third-order valence-corrected chi connectivity index (χ3v) is 7.53. The minimum atomic E-state index is -1.73. The largest absolute Gasteiger partial charge is 0.366 e. The predicted molar refractivity (Wildman–Crippen MR) is 151 cm³/mol. The topological polar surface area (TPSA) is 73.1 Å². The molecule has 39 heavy (non-hydrogen) atoms. The zero-order chi connectivity index (χ0) is 26.8. The molecule has 6 rings (SSSR count). The molecular formula is C35H26N2O2. The van der Waals surface area contributed by atoms with Gasteiger partial charge in [0.2, 0.25) is 0 Å². The lowest BCUT2D eigenvalue weighted by Crippen LogP contribution is -2.45. The smallest absolute Gasteiger partial charge is 0.254 e. The molecule has 0 saturated heterocycles. The van der Waals surface area contributed by atoms with E-state index < -0.39 is 17.6 Å². The van der Waals surface area contributed by atoms with Gasteiger partial charge in [-0.3, -0.25) is 4.79 Å². The number of fused-ring (bicyclic) bond motifs is 1. The first-order chi connectivity index (χ1) is 19.1. The Morgan fingerprint density at radius 1 is 0.667 bits per heavy atom. The van der Waals surface area contributed by atoms with Crippen LogP contribution in [0.1, 0.15) is 61.1 Å². The Hall–Kier alpha value is -4.98. The van der Waals surface area contributed by atoms with Crippen LogP contribution in [0.5, 0.6) is 0 Å². The molecule has 1 amide bonds. The van der Waals surface area contributed by atoms with Gasteiger partial charge >= 0.3 is 0 Å². The lowest BCUT2D eigenvalue weighted by atomic mass is 9.76. The lowest BCUT2D eigenvalue weighted by Gasteiger charge is -2.35. The molecule has 0 fully saturated rings. The van der Waals surface area contributed by atoms with E-state index in [2.05, 4.69) is 11.4 Å². The van der Waals surface area contributed by atoms with Gasteiger partial charge in [0.1, 0.15) is 0 Å². The highest BCUT2D eigenvalue weighted by Gasteiger charge is 2.49. The van der Waals surface area contributed by atoms with Gasteiger partial charge in [0.15, 0.2) is 5.72 Å². The normalized spacial score (nSPS) is 16.1. The van der Waals surface area contributed by atoms with Crippen molar-refractivity contribution in [3.05, 3.63) is 178 Å². The highest BCUT2D eigenvalue weighted by molar-refractivity contribution is 6.00. The Labute approximate surface area is 227 Å². The van der Waals surface area contributed by atoms with Crippen molar-refractivity contribution < 1.29 is 9.90 Å². The van der Waals surface area contributed by atoms with Gasteiger partial charge in [-0.05, 0) is 39.9 Å². The molecule has 5 aromatic rings. The summed E-state index contributed by atoms with van der Waals surface area (Å²) in [7, 11) is 0. The molecule has 1 heterocycles. The molecule has 0 saturated carbocycles. The van der Waals surface area contributed by atoms with Crippen LogP contribution in [-0.4, -0.2) is 11.0 Å². The lowest BCUT2D eigenvalue weighted by molar-refractivity contribution is -0.00191. The van der Waals surface area contributed by atoms with Crippen molar-refractivity contribution in [1.82, 2.24) is 5.32 Å². The van der Waals surface area contributed by atoms with Gasteiger partial charge < -0.3 is 10.4 Å². The average Bonchev–Trinajstić information content (AvgIpc) is 3.24. The van der Waals surface area contributed by atoms with Crippen LogP contribution in [-0.2, 0) is 5.72 Å². The van der Waals surface area contributed by atoms with Crippen LogP contribution in [0.3, 0.4) is 0 Å². The van der Waals surface area contributed by atoms with Gasteiger partial charge in [-0.25, -0.2) is 0 Å². The SMILES string of the molecule is N#Cc1cc2c(cc1C(c1ccccc1)c1ccccc1)C(O)(C(c1ccccc1)c1ccccc1)NC2=O. The highest BCUT2D eigenvalue weighted by atomic mass is 16.3. The number of aliphatic hydroxyl groups is 1. The summed E-state index contributed by atoms with van der Waals surface area (Å²) in [5.74, 6) is -1.24. The van der Waals surface area contributed by atoms with Gasteiger partial charge in [0.05, 0.1) is 17.6 Å². The average molecular weight is 507 g/mol. The van der Waals surface area contributed by atoms with E-state index in [0.717, 1.165) is 27.8 Å². The van der Waals surface area contributed by atoms with Gasteiger partial charge in [-0.15, -0.1) is 0 Å². The van der Waals surface area contributed by atoms with Crippen LogP contribution < -0.4 is 5.32 Å². The molecule has 4 nitrogen and oxygen atoms in total. The molecule has 2 N–H and O–H groups in total. The summed E-state index contributed by atoms with van der Waals surface area (Å²) in [6, 6.07) is 45.2. The number of nitriles is 1. The van der Waals surface area contributed by atoms with Crippen molar-refractivity contribution >= 4 is 5.91 Å². The van der Waals surface area contributed by atoms with Crippen molar-refractivity contribution in [3.8, 4) is 6.07 Å². The summed E-state index contributed by atoms with van der Waals surface area (Å²) in [5.41, 5.74) is 3.97. The van der Waals surface area contributed by atoms with E-state index in [1.165, 1.54) is 0 Å². The summed E-state index contributed by atoms with van der Waals surface area (Å²) < 4.78 is 0. The van der Waals surface area contributed by atoms with Crippen LogP contribution in [0.25, 0.3) is 0 Å². The molecule has 0 bridgehead atoms. The van der Waals surface area contributed by atoms with Crippen molar-refractivity contribution in [2.75, 3.05) is 0 Å². The second-order valence-corrected chi connectivity index (χ2v) is 9.83. The number of nitrogens with zero attached hydrogens (tertiary/aromatic N) is 1. The van der Waals surface area contributed by atoms with Crippen LogP contribution in [0.4, 0.5) is 0 Å². The van der Waals surface area contributed by atoms with E-state index in [4.69, 9.17) is 0 Å². The predicted octanol–water partition coefficient (Wildman–Crippen LogP) is 6.46. The molecule has 1 aliphatic heterocycles. The van der Waals surface area contributed by atoms with E-state index in [1.54, 1.807) is 6.07 Å². The molecule has 1 aliphatic rings. The maximum Gasteiger partial charge on any atom is 0.254 e. The molecule has 1 atom stereocenters. The first-order valence-electron chi connectivity index (χ1n) is 12.9. The van der Waals surface area contributed by atoms with Crippen LogP contribution in [0.15, 0.2) is 133 Å². The van der Waals surface area contributed by atoms with Gasteiger partial charge in [0.25, 0.3) is 5.91 Å². The number of rotatable bonds is 6. The third-order valence-electron chi connectivity index (χ3n) is 7.53. The summed E-state index contributed by atoms with van der Waals surface area (Å²) in [6.45, 7) is 0. The summed E-state index contributed by atoms with van der Waals surface area (Å²) in [5, 5.41) is 25.6. The fourth-order valence-electron chi connectivity index (χ4n) is 5.80. The highest BCUT2D eigenvalue weighted by Crippen LogP contribution is 2.46. The number of hydrogen-bond donors (Lipinski definition) is 2. The van der Waals surface area contributed by atoms with E-state index in [-0.39, 0.29) is 5.92 Å². The van der Waals surface area contributed by atoms with Crippen molar-refractivity contribution in [2.24, 2.45) is 0 Å². The fraction of sp³-hybridized carbons (Fsp3) is 0.0857. The summed E-state index contributed by atoms with van der Waals surface area (Å²) >= 11 is 0. The van der Waals surface area contributed by atoms with Gasteiger partial charge in [0, 0.05) is 17.0 Å². The molecule has 0 radical (unpaired) electrons. The molecule has 1 unspecified atom stereocenters. The number of carbonyl (C=O) groups excluding carboxylic acids is 1. The quantitative estimate of drug-likeness (QED) is 0.260. The molecule has 4 heteroatoms. The molecule has 5 aromatic carbocycles.